The van der Waals surface area contributed by atoms with Gasteiger partial charge in [0.15, 0.2) is 5.13 Å². The third kappa shape index (κ3) is 4.25. The first-order valence-corrected chi connectivity index (χ1v) is 7.73. The summed E-state index contributed by atoms with van der Waals surface area (Å²) in [5.74, 6) is -1.45. The van der Waals surface area contributed by atoms with Crippen molar-refractivity contribution in [1.29, 1.82) is 0 Å². The highest BCUT2D eigenvalue weighted by Gasteiger charge is 2.20. The van der Waals surface area contributed by atoms with E-state index in [2.05, 4.69) is 15.0 Å². The van der Waals surface area contributed by atoms with Gasteiger partial charge in [-0.3, -0.25) is 10.1 Å². The normalized spacial score (nSPS) is 10.5. The minimum atomic E-state index is -3.04. The van der Waals surface area contributed by atoms with E-state index in [-0.39, 0.29) is 27.9 Å². The van der Waals surface area contributed by atoms with Crippen molar-refractivity contribution in [2.75, 3.05) is 11.9 Å². The molecule has 0 aliphatic carbocycles. The summed E-state index contributed by atoms with van der Waals surface area (Å²) in [5, 5.41) is 2.63. The minimum Gasteiger partial charge on any atom is -0.462 e. The zero-order chi connectivity index (χ0) is 17.7. The summed E-state index contributed by atoms with van der Waals surface area (Å²) in [6, 6.07) is 5.60. The van der Waals surface area contributed by atoms with Gasteiger partial charge in [-0.05, 0) is 26.0 Å². The second-order valence-corrected chi connectivity index (χ2v) is 5.48. The second kappa shape index (κ2) is 7.82. The Hall–Kier alpha value is -2.55. The number of halogens is 2. The summed E-state index contributed by atoms with van der Waals surface area (Å²) < 4.78 is 34.0. The summed E-state index contributed by atoms with van der Waals surface area (Å²) in [4.78, 5) is 28.3. The van der Waals surface area contributed by atoms with Crippen molar-refractivity contribution < 1.29 is 27.8 Å². The van der Waals surface area contributed by atoms with E-state index in [1.54, 1.807) is 13.8 Å². The maximum atomic E-state index is 12.4. The molecule has 24 heavy (non-hydrogen) atoms. The van der Waals surface area contributed by atoms with E-state index in [0.717, 1.165) is 11.3 Å². The lowest BCUT2D eigenvalue weighted by molar-refractivity contribution is -0.0501. The van der Waals surface area contributed by atoms with Gasteiger partial charge in [-0.2, -0.15) is 8.78 Å². The molecule has 0 unspecified atom stereocenters. The molecule has 1 aromatic heterocycles. The highest BCUT2D eigenvalue weighted by Crippen LogP contribution is 2.26. The molecular formula is C15H14F2N2O4S. The Morgan fingerprint density at radius 2 is 2.04 bits per heavy atom. The largest absolute Gasteiger partial charge is 0.462 e. The number of rotatable bonds is 6. The number of carbonyl (C=O) groups excluding carboxylic acids is 2. The smallest absolute Gasteiger partial charge is 0.387 e. The average molecular weight is 356 g/mol. The number of aryl methyl sites for hydroxylation is 1. The summed E-state index contributed by atoms with van der Waals surface area (Å²) >= 11 is 0.944. The van der Waals surface area contributed by atoms with Gasteiger partial charge in [0, 0.05) is 0 Å². The van der Waals surface area contributed by atoms with E-state index in [0.29, 0.717) is 5.69 Å². The molecule has 0 fully saturated rings. The number of benzene rings is 1. The van der Waals surface area contributed by atoms with Crippen LogP contribution in [0.1, 0.15) is 32.6 Å². The number of carbonyl (C=O) groups is 2. The number of aromatic nitrogens is 1. The van der Waals surface area contributed by atoms with E-state index >= 15 is 0 Å². The molecule has 1 N–H and O–H groups in total. The van der Waals surface area contributed by atoms with Gasteiger partial charge in [0.05, 0.1) is 17.9 Å². The van der Waals surface area contributed by atoms with Crippen LogP contribution in [0.15, 0.2) is 24.3 Å². The fourth-order valence-corrected chi connectivity index (χ4v) is 2.71. The van der Waals surface area contributed by atoms with E-state index in [9.17, 15) is 18.4 Å². The number of nitrogens with zero attached hydrogens (tertiary/aromatic N) is 1. The summed E-state index contributed by atoms with van der Waals surface area (Å²) in [5.41, 5.74) is 0.342. The standard InChI is InChI=1S/C15H14F2N2O4S/c1-3-22-13(21)11-8(2)18-15(24-11)19-12(20)9-6-4-5-7-10(9)23-14(16)17/h4-7,14H,3H2,1-2H3,(H,18,19,20). The fraction of sp³-hybridized carbons (Fsp3) is 0.267. The Morgan fingerprint density at radius 3 is 2.71 bits per heavy atom. The molecule has 0 aliphatic rings. The molecule has 6 nitrogen and oxygen atoms in total. The van der Waals surface area contributed by atoms with Gasteiger partial charge in [-0.25, -0.2) is 9.78 Å². The molecule has 0 spiro atoms. The molecule has 0 atom stereocenters. The Kier molecular flexibility index (Phi) is 5.80. The Morgan fingerprint density at radius 1 is 1.33 bits per heavy atom. The molecule has 9 heteroatoms. The van der Waals surface area contributed by atoms with Gasteiger partial charge < -0.3 is 9.47 Å². The molecule has 1 heterocycles. The quantitative estimate of drug-likeness (QED) is 0.802. The Labute approximate surface area is 140 Å². The van der Waals surface area contributed by atoms with E-state index < -0.39 is 18.5 Å². The number of alkyl halides is 2. The number of hydrogen-bond donors (Lipinski definition) is 1. The number of amides is 1. The number of para-hydroxylation sites is 1. The summed E-state index contributed by atoms with van der Waals surface area (Å²) in [7, 11) is 0. The van der Waals surface area contributed by atoms with Crippen molar-refractivity contribution in [2.45, 2.75) is 20.5 Å². The molecule has 0 bridgehead atoms. The zero-order valence-corrected chi connectivity index (χ0v) is 13.7. The third-order valence-corrected chi connectivity index (χ3v) is 3.88. The number of ether oxygens (including phenoxy) is 2. The predicted octanol–water partition coefficient (Wildman–Crippen LogP) is 3.48. The maximum absolute atomic E-state index is 12.4. The molecule has 0 radical (unpaired) electrons. The first-order chi connectivity index (χ1) is 11.4. The summed E-state index contributed by atoms with van der Waals surface area (Å²) in [6.45, 7) is 0.454. The molecule has 0 saturated heterocycles. The Balaban J connectivity index is 2.19. The van der Waals surface area contributed by atoms with Crippen LogP contribution >= 0.6 is 11.3 Å². The van der Waals surface area contributed by atoms with Crippen LogP contribution in [0.4, 0.5) is 13.9 Å². The van der Waals surface area contributed by atoms with Crippen LogP contribution in [0.2, 0.25) is 0 Å². The van der Waals surface area contributed by atoms with E-state index in [4.69, 9.17) is 4.74 Å². The van der Waals surface area contributed by atoms with Crippen molar-refractivity contribution in [1.82, 2.24) is 4.98 Å². The minimum absolute atomic E-state index is 0.0664. The predicted molar refractivity (Wildman–Crippen MR) is 83.8 cm³/mol. The molecule has 2 aromatic rings. The number of thiazole rings is 1. The lowest BCUT2D eigenvalue weighted by Gasteiger charge is -2.09. The average Bonchev–Trinajstić information content (AvgIpc) is 2.88. The molecule has 2 rings (SSSR count). The highest BCUT2D eigenvalue weighted by molar-refractivity contribution is 7.17. The molecule has 1 amide bonds. The van der Waals surface area contributed by atoms with Crippen LogP contribution < -0.4 is 10.1 Å². The monoisotopic (exact) mass is 356 g/mol. The van der Waals surface area contributed by atoms with Gasteiger partial charge in [0.2, 0.25) is 0 Å². The van der Waals surface area contributed by atoms with Crippen LogP contribution in [-0.2, 0) is 4.74 Å². The van der Waals surface area contributed by atoms with Gasteiger partial charge >= 0.3 is 12.6 Å². The molecule has 0 saturated carbocycles. The van der Waals surface area contributed by atoms with Crippen LogP contribution in [-0.4, -0.2) is 30.1 Å². The zero-order valence-electron chi connectivity index (χ0n) is 12.8. The van der Waals surface area contributed by atoms with Gasteiger partial charge in [0.25, 0.3) is 5.91 Å². The number of esters is 1. The van der Waals surface area contributed by atoms with Crippen molar-refractivity contribution in [2.24, 2.45) is 0 Å². The van der Waals surface area contributed by atoms with Gasteiger partial charge in [0.1, 0.15) is 10.6 Å². The number of hydrogen-bond acceptors (Lipinski definition) is 6. The fourth-order valence-electron chi connectivity index (χ4n) is 1.85. The second-order valence-electron chi connectivity index (χ2n) is 4.48. The van der Waals surface area contributed by atoms with Crippen molar-refractivity contribution in [3.63, 3.8) is 0 Å². The number of nitrogens with one attached hydrogen (secondary N) is 1. The maximum Gasteiger partial charge on any atom is 0.387 e. The SMILES string of the molecule is CCOC(=O)c1sc(NC(=O)c2ccccc2OC(F)F)nc1C. The lowest BCUT2D eigenvalue weighted by Crippen LogP contribution is -2.14. The lowest BCUT2D eigenvalue weighted by atomic mass is 10.2. The molecule has 1 aromatic carbocycles. The van der Waals surface area contributed by atoms with E-state index in [1.807, 2.05) is 0 Å². The summed E-state index contributed by atoms with van der Waals surface area (Å²) in [6.07, 6.45) is 0. The molecular weight excluding hydrogens is 342 g/mol. The van der Waals surface area contributed by atoms with Gasteiger partial charge in [-0.1, -0.05) is 23.5 Å². The highest BCUT2D eigenvalue weighted by atomic mass is 32.1. The first kappa shape index (κ1) is 17.8. The Bertz CT molecular complexity index is 749. The van der Waals surface area contributed by atoms with Crippen LogP contribution in [0.5, 0.6) is 5.75 Å². The van der Waals surface area contributed by atoms with Crippen LogP contribution in [0.3, 0.4) is 0 Å². The van der Waals surface area contributed by atoms with Crippen LogP contribution in [0.25, 0.3) is 0 Å². The van der Waals surface area contributed by atoms with Crippen molar-refractivity contribution in [3.8, 4) is 5.75 Å². The molecule has 128 valence electrons. The van der Waals surface area contributed by atoms with Crippen molar-refractivity contribution in [3.05, 3.63) is 40.4 Å². The number of anilines is 1. The van der Waals surface area contributed by atoms with Gasteiger partial charge in [-0.15, -0.1) is 0 Å². The topological polar surface area (TPSA) is 77.5 Å². The van der Waals surface area contributed by atoms with Crippen molar-refractivity contribution >= 4 is 28.3 Å². The first-order valence-electron chi connectivity index (χ1n) is 6.92. The van der Waals surface area contributed by atoms with Crippen LogP contribution in [0, 0.1) is 6.92 Å². The third-order valence-electron chi connectivity index (χ3n) is 2.83. The molecule has 0 aliphatic heterocycles. The van der Waals surface area contributed by atoms with E-state index in [1.165, 1.54) is 24.3 Å².